The minimum atomic E-state index is 0.136. The molecule has 0 aliphatic rings. The van der Waals surface area contributed by atoms with Crippen LogP contribution in [-0.4, -0.2) is 31.3 Å². The molecule has 21 heavy (non-hydrogen) atoms. The molecule has 0 aliphatic heterocycles. The molecule has 2 heterocycles. The Kier molecular flexibility index (Phi) is 3.46. The average Bonchev–Trinajstić information content (AvgIpc) is 3.02. The summed E-state index contributed by atoms with van der Waals surface area (Å²) in [5.41, 5.74) is 6.55. The van der Waals surface area contributed by atoms with E-state index in [2.05, 4.69) is 20.1 Å². The van der Waals surface area contributed by atoms with Crippen LogP contribution in [0.2, 0.25) is 0 Å². The van der Waals surface area contributed by atoms with E-state index in [-0.39, 0.29) is 5.95 Å². The molecule has 106 valence electrons. The highest BCUT2D eigenvalue weighted by Gasteiger charge is 2.12. The molecular weight excluding hydrogens is 268 g/mol. The van der Waals surface area contributed by atoms with Gasteiger partial charge < -0.3 is 10.5 Å². The summed E-state index contributed by atoms with van der Waals surface area (Å²) in [6, 6.07) is 9.33. The molecule has 0 atom stereocenters. The zero-order valence-electron chi connectivity index (χ0n) is 11.5. The number of anilines is 1. The quantitative estimate of drug-likeness (QED) is 0.783. The van der Waals surface area contributed by atoms with Gasteiger partial charge in [0.15, 0.2) is 5.82 Å². The summed E-state index contributed by atoms with van der Waals surface area (Å²) in [6.45, 7) is 2.48. The van der Waals surface area contributed by atoms with Gasteiger partial charge in [-0.1, -0.05) is 12.1 Å². The third-order valence-corrected chi connectivity index (χ3v) is 2.78. The van der Waals surface area contributed by atoms with E-state index in [9.17, 15) is 0 Å². The summed E-state index contributed by atoms with van der Waals surface area (Å²) in [5.74, 6) is 1.67. The summed E-state index contributed by atoms with van der Waals surface area (Å²) in [7, 11) is 0. The van der Waals surface area contributed by atoms with Gasteiger partial charge >= 0.3 is 0 Å². The molecule has 0 fully saturated rings. The van der Waals surface area contributed by atoms with Crippen LogP contribution in [-0.2, 0) is 0 Å². The van der Waals surface area contributed by atoms with Gasteiger partial charge in [-0.3, -0.25) is 0 Å². The first-order valence-corrected chi connectivity index (χ1v) is 6.51. The molecule has 0 unspecified atom stereocenters. The van der Waals surface area contributed by atoms with Crippen molar-refractivity contribution in [2.45, 2.75) is 6.92 Å². The van der Waals surface area contributed by atoms with Crippen LogP contribution in [0.25, 0.3) is 17.3 Å². The molecule has 3 rings (SSSR count). The number of benzene rings is 1. The Morgan fingerprint density at radius 3 is 2.76 bits per heavy atom. The number of nitrogens with two attached hydrogens (primary N) is 1. The van der Waals surface area contributed by atoms with E-state index in [4.69, 9.17) is 10.5 Å². The number of hydrogen-bond acceptors (Lipinski definition) is 6. The van der Waals surface area contributed by atoms with Gasteiger partial charge in [0.2, 0.25) is 5.95 Å². The summed E-state index contributed by atoms with van der Waals surface area (Å²) in [6.07, 6.45) is 3.39. The van der Waals surface area contributed by atoms with Crippen molar-refractivity contribution in [2.24, 2.45) is 0 Å². The first-order valence-electron chi connectivity index (χ1n) is 6.51. The standard InChI is InChI=1S/C14H14N6O/c1-2-21-11-7-4-3-6-10(11)12-17-13(15)19-14(18-12)20-9-5-8-16-20/h3-9H,2H2,1H3,(H2,15,17,18,19). The van der Waals surface area contributed by atoms with Crippen LogP contribution in [0.1, 0.15) is 6.92 Å². The maximum absolute atomic E-state index is 5.78. The number of para-hydroxylation sites is 1. The summed E-state index contributed by atoms with van der Waals surface area (Å²) < 4.78 is 7.13. The Morgan fingerprint density at radius 2 is 2.00 bits per heavy atom. The molecule has 0 saturated heterocycles. The van der Waals surface area contributed by atoms with Crippen molar-refractivity contribution < 1.29 is 4.74 Å². The predicted molar refractivity (Wildman–Crippen MR) is 78.0 cm³/mol. The molecule has 1 aromatic carbocycles. The van der Waals surface area contributed by atoms with Crippen LogP contribution in [0.3, 0.4) is 0 Å². The molecule has 0 bridgehead atoms. The third kappa shape index (κ3) is 2.66. The predicted octanol–water partition coefficient (Wildman–Crippen LogP) is 1.71. The number of nitrogen functional groups attached to an aromatic ring is 1. The number of nitrogens with zero attached hydrogens (tertiary/aromatic N) is 5. The first kappa shape index (κ1) is 13.0. The van der Waals surface area contributed by atoms with E-state index >= 15 is 0 Å². The Hall–Kier alpha value is -2.96. The number of ether oxygens (including phenoxy) is 1. The lowest BCUT2D eigenvalue weighted by molar-refractivity contribution is 0.341. The fourth-order valence-corrected chi connectivity index (χ4v) is 1.92. The maximum Gasteiger partial charge on any atom is 0.255 e. The van der Waals surface area contributed by atoms with Crippen molar-refractivity contribution in [3.63, 3.8) is 0 Å². The topological polar surface area (TPSA) is 91.7 Å². The van der Waals surface area contributed by atoms with Gasteiger partial charge in [-0.25, -0.2) is 4.68 Å². The van der Waals surface area contributed by atoms with E-state index in [1.165, 1.54) is 4.68 Å². The first-order chi connectivity index (χ1) is 10.3. The third-order valence-electron chi connectivity index (χ3n) is 2.78. The molecular formula is C14H14N6O. The lowest BCUT2D eigenvalue weighted by atomic mass is 10.2. The van der Waals surface area contributed by atoms with Crippen molar-refractivity contribution in [3.05, 3.63) is 42.7 Å². The van der Waals surface area contributed by atoms with Crippen LogP contribution in [0.15, 0.2) is 42.7 Å². The zero-order valence-corrected chi connectivity index (χ0v) is 11.5. The smallest absolute Gasteiger partial charge is 0.255 e. The highest BCUT2D eigenvalue weighted by molar-refractivity contribution is 5.64. The average molecular weight is 282 g/mol. The van der Waals surface area contributed by atoms with Gasteiger partial charge in [-0.2, -0.15) is 20.1 Å². The Bertz CT molecular complexity index is 741. The molecule has 0 amide bonds. The van der Waals surface area contributed by atoms with Gasteiger partial charge in [0.1, 0.15) is 5.75 Å². The second-order valence-electron chi connectivity index (χ2n) is 4.20. The molecule has 0 radical (unpaired) electrons. The highest BCUT2D eigenvalue weighted by atomic mass is 16.5. The Balaban J connectivity index is 2.11. The van der Waals surface area contributed by atoms with Crippen molar-refractivity contribution in [2.75, 3.05) is 12.3 Å². The fourth-order valence-electron chi connectivity index (χ4n) is 1.92. The monoisotopic (exact) mass is 282 g/mol. The van der Waals surface area contributed by atoms with Crippen LogP contribution >= 0.6 is 0 Å². The maximum atomic E-state index is 5.78. The van der Waals surface area contributed by atoms with Crippen LogP contribution in [0.4, 0.5) is 5.95 Å². The van der Waals surface area contributed by atoms with Gasteiger partial charge in [-0.15, -0.1) is 0 Å². The largest absolute Gasteiger partial charge is 0.493 e. The van der Waals surface area contributed by atoms with E-state index < -0.39 is 0 Å². The van der Waals surface area contributed by atoms with Crippen molar-refractivity contribution in [1.29, 1.82) is 0 Å². The number of rotatable bonds is 4. The Labute approximate surface area is 121 Å². The van der Waals surface area contributed by atoms with Crippen molar-refractivity contribution >= 4 is 5.95 Å². The SMILES string of the molecule is CCOc1ccccc1-c1nc(N)nc(-n2cccn2)n1. The minimum Gasteiger partial charge on any atom is -0.493 e. The van der Waals surface area contributed by atoms with Gasteiger partial charge in [0.05, 0.1) is 12.2 Å². The van der Waals surface area contributed by atoms with Gasteiger partial charge in [0, 0.05) is 12.4 Å². The normalized spacial score (nSPS) is 10.5. The van der Waals surface area contributed by atoms with Crippen molar-refractivity contribution in [3.8, 4) is 23.1 Å². The molecule has 0 saturated carbocycles. The lowest BCUT2D eigenvalue weighted by Crippen LogP contribution is -2.08. The number of aromatic nitrogens is 5. The molecule has 2 aromatic heterocycles. The van der Waals surface area contributed by atoms with Crippen molar-refractivity contribution in [1.82, 2.24) is 24.7 Å². The summed E-state index contributed by atoms with van der Waals surface area (Å²) >= 11 is 0. The van der Waals surface area contributed by atoms with Gasteiger partial charge in [-0.05, 0) is 25.1 Å². The van der Waals surface area contributed by atoms with E-state index in [0.717, 1.165) is 5.56 Å². The summed E-state index contributed by atoms with van der Waals surface area (Å²) in [4.78, 5) is 12.7. The highest BCUT2D eigenvalue weighted by Crippen LogP contribution is 2.27. The molecule has 7 heteroatoms. The number of hydrogen-bond donors (Lipinski definition) is 1. The molecule has 0 aliphatic carbocycles. The minimum absolute atomic E-state index is 0.136. The van der Waals surface area contributed by atoms with Crippen LogP contribution in [0.5, 0.6) is 5.75 Å². The van der Waals surface area contributed by atoms with E-state index in [0.29, 0.717) is 24.1 Å². The summed E-state index contributed by atoms with van der Waals surface area (Å²) in [5, 5.41) is 4.10. The van der Waals surface area contributed by atoms with E-state index in [1.807, 2.05) is 31.2 Å². The molecule has 2 N–H and O–H groups in total. The lowest BCUT2D eigenvalue weighted by Gasteiger charge is -2.10. The molecule has 3 aromatic rings. The second kappa shape index (κ2) is 5.58. The second-order valence-corrected chi connectivity index (χ2v) is 4.20. The van der Waals surface area contributed by atoms with Crippen LogP contribution in [0, 0.1) is 0 Å². The van der Waals surface area contributed by atoms with E-state index in [1.54, 1.807) is 18.5 Å². The molecule has 0 spiro atoms. The molecule has 7 nitrogen and oxygen atoms in total. The Morgan fingerprint density at radius 1 is 1.14 bits per heavy atom. The van der Waals surface area contributed by atoms with Gasteiger partial charge in [0.25, 0.3) is 5.95 Å². The van der Waals surface area contributed by atoms with Crippen LogP contribution < -0.4 is 10.5 Å². The fraction of sp³-hybridized carbons (Fsp3) is 0.143. The zero-order chi connectivity index (χ0) is 14.7.